The number of carbonyl (C=O) groups is 1. The second-order valence-electron chi connectivity index (χ2n) is 5.54. The van der Waals surface area contributed by atoms with Crippen LogP contribution in [-0.4, -0.2) is 17.3 Å². The predicted octanol–water partition coefficient (Wildman–Crippen LogP) is 5.37. The molecule has 1 heterocycles. The van der Waals surface area contributed by atoms with Gasteiger partial charge in [-0.25, -0.2) is 0 Å². The Morgan fingerprint density at radius 2 is 1.92 bits per heavy atom. The van der Waals surface area contributed by atoms with Crippen molar-refractivity contribution in [1.82, 2.24) is 0 Å². The van der Waals surface area contributed by atoms with E-state index in [1.807, 2.05) is 55.0 Å². The Morgan fingerprint density at radius 3 is 2.72 bits per heavy atom. The van der Waals surface area contributed by atoms with Gasteiger partial charge in [-0.3, -0.25) is 4.79 Å². The van der Waals surface area contributed by atoms with Crippen LogP contribution in [0.3, 0.4) is 0 Å². The van der Waals surface area contributed by atoms with Crippen molar-refractivity contribution < 1.29 is 9.90 Å². The summed E-state index contributed by atoms with van der Waals surface area (Å²) in [5, 5.41) is 14.5. The van der Waals surface area contributed by atoms with Crippen LogP contribution in [-0.2, 0) is 0 Å². The topological polar surface area (TPSA) is 61.4 Å². The summed E-state index contributed by atoms with van der Waals surface area (Å²) >= 11 is 2.89. The van der Waals surface area contributed by atoms with Gasteiger partial charge in [0.1, 0.15) is 5.75 Å². The molecule has 3 rings (SSSR count). The normalized spacial score (nSPS) is 10.5. The minimum absolute atomic E-state index is 0.143. The van der Waals surface area contributed by atoms with Crippen LogP contribution >= 0.6 is 23.3 Å². The molecule has 6 heteroatoms. The van der Waals surface area contributed by atoms with Crippen molar-refractivity contribution in [3.05, 3.63) is 64.4 Å². The molecule has 0 fully saturated rings. The van der Waals surface area contributed by atoms with Gasteiger partial charge in [0.15, 0.2) is 0 Å². The highest BCUT2D eigenvalue weighted by atomic mass is 32.2. The van der Waals surface area contributed by atoms with Gasteiger partial charge in [-0.05, 0) is 65.4 Å². The molecule has 0 spiro atoms. The molecule has 1 amide bonds. The van der Waals surface area contributed by atoms with Crippen molar-refractivity contribution in [1.29, 1.82) is 0 Å². The number of anilines is 2. The zero-order chi connectivity index (χ0) is 17.8. The quantitative estimate of drug-likeness (QED) is 0.528. The number of benzene rings is 2. The maximum Gasteiger partial charge on any atom is 0.265 e. The number of aryl methyl sites for hydroxylation is 1. The Kier molecular flexibility index (Phi) is 5.31. The van der Waals surface area contributed by atoms with Crippen molar-refractivity contribution in [2.75, 3.05) is 16.3 Å². The molecule has 3 N–H and O–H groups in total. The monoisotopic (exact) mass is 370 g/mol. The number of thiophene rings is 1. The number of rotatable bonds is 5. The van der Waals surface area contributed by atoms with Crippen LogP contribution in [0.4, 0.5) is 11.4 Å². The minimum atomic E-state index is -0.143. The molecule has 4 nitrogen and oxygen atoms in total. The number of carbonyl (C=O) groups excluding carboxylic acids is 1. The fourth-order valence-corrected chi connectivity index (χ4v) is 3.65. The first-order valence-electron chi connectivity index (χ1n) is 7.66. The van der Waals surface area contributed by atoms with Crippen molar-refractivity contribution in [2.24, 2.45) is 0 Å². The van der Waals surface area contributed by atoms with Gasteiger partial charge in [-0.2, -0.15) is 0 Å². The summed E-state index contributed by atoms with van der Waals surface area (Å²) in [6.45, 7) is 1.98. The molecular weight excluding hydrogens is 352 g/mol. The summed E-state index contributed by atoms with van der Waals surface area (Å²) in [4.78, 5) is 13.1. The molecular formula is C19H18N2O2S2. The zero-order valence-corrected chi connectivity index (χ0v) is 15.5. The van der Waals surface area contributed by atoms with Crippen LogP contribution in [0.1, 0.15) is 15.2 Å². The Balaban J connectivity index is 1.79. The third-order valence-corrected chi connectivity index (χ3v) is 5.06. The average Bonchev–Trinajstić information content (AvgIpc) is 3.08. The average molecular weight is 370 g/mol. The van der Waals surface area contributed by atoms with Crippen LogP contribution < -0.4 is 10.0 Å². The molecule has 0 atom stereocenters. The zero-order valence-electron chi connectivity index (χ0n) is 13.9. The molecule has 2 aromatic carbocycles. The molecule has 1 aromatic heterocycles. The summed E-state index contributed by atoms with van der Waals surface area (Å²) in [6, 6.07) is 14.7. The Bertz CT molecular complexity index is 906. The largest absolute Gasteiger partial charge is 0.508 e. The third-order valence-electron chi connectivity index (χ3n) is 3.70. The molecule has 0 saturated heterocycles. The second kappa shape index (κ2) is 7.63. The lowest BCUT2D eigenvalue weighted by Crippen LogP contribution is -2.10. The first-order chi connectivity index (χ1) is 12.1. The van der Waals surface area contributed by atoms with Gasteiger partial charge < -0.3 is 15.1 Å². The Morgan fingerprint density at radius 1 is 1.12 bits per heavy atom. The van der Waals surface area contributed by atoms with Gasteiger partial charge in [-0.15, -0.1) is 11.3 Å². The van der Waals surface area contributed by atoms with E-state index >= 15 is 0 Å². The van der Waals surface area contributed by atoms with Crippen molar-refractivity contribution in [3.8, 4) is 16.9 Å². The molecule has 0 bridgehead atoms. The van der Waals surface area contributed by atoms with Crippen LogP contribution in [0.2, 0.25) is 0 Å². The van der Waals surface area contributed by atoms with E-state index < -0.39 is 0 Å². The summed E-state index contributed by atoms with van der Waals surface area (Å²) in [6.07, 6.45) is 1.95. The minimum Gasteiger partial charge on any atom is -0.508 e. The lowest BCUT2D eigenvalue weighted by molar-refractivity contribution is 0.103. The molecule has 128 valence electrons. The van der Waals surface area contributed by atoms with Crippen molar-refractivity contribution in [2.45, 2.75) is 6.92 Å². The Labute approximate surface area is 155 Å². The van der Waals surface area contributed by atoms with Gasteiger partial charge in [0.2, 0.25) is 0 Å². The lowest BCUT2D eigenvalue weighted by Gasteiger charge is -2.07. The first-order valence-corrected chi connectivity index (χ1v) is 9.76. The highest BCUT2D eigenvalue weighted by Crippen LogP contribution is 2.31. The summed E-state index contributed by atoms with van der Waals surface area (Å²) in [5.74, 6) is 0.0752. The smallest absolute Gasteiger partial charge is 0.265 e. The lowest BCUT2D eigenvalue weighted by atomic mass is 10.0. The van der Waals surface area contributed by atoms with Gasteiger partial charge in [0.25, 0.3) is 5.91 Å². The fourth-order valence-electron chi connectivity index (χ4n) is 2.49. The van der Waals surface area contributed by atoms with Gasteiger partial charge >= 0.3 is 0 Å². The summed E-state index contributed by atoms with van der Waals surface area (Å²) < 4.78 is 3.14. The first kappa shape index (κ1) is 17.4. The van der Waals surface area contributed by atoms with E-state index in [2.05, 4.69) is 10.0 Å². The molecule has 25 heavy (non-hydrogen) atoms. The number of aromatic hydroxyl groups is 1. The van der Waals surface area contributed by atoms with E-state index in [0.29, 0.717) is 4.88 Å². The van der Waals surface area contributed by atoms with E-state index in [-0.39, 0.29) is 11.7 Å². The van der Waals surface area contributed by atoms with Crippen LogP contribution in [0, 0.1) is 6.92 Å². The maximum atomic E-state index is 12.5. The van der Waals surface area contributed by atoms with Crippen LogP contribution in [0.5, 0.6) is 5.75 Å². The van der Waals surface area contributed by atoms with E-state index in [9.17, 15) is 9.90 Å². The van der Waals surface area contributed by atoms with E-state index in [1.54, 1.807) is 12.1 Å². The number of hydrogen-bond acceptors (Lipinski definition) is 5. The highest BCUT2D eigenvalue weighted by molar-refractivity contribution is 7.99. The summed E-state index contributed by atoms with van der Waals surface area (Å²) in [5.41, 5.74) is 4.60. The number of phenols is 1. The van der Waals surface area contributed by atoms with Gasteiger partial charge in [-0.1, -0.05) is 24.1 Å². The summed E-state index contributed by atoms with van der Waals surface area (Å²) in [7, 11) is 0. The Hall–Kier alpha value is -2.44. The number of phenolic OH excluding ortho intramolecular Hbond substituents is 1. The molecule has 0 aliphatic carbocycles. The van der Waals surface area contributed by atoms with E-state index in [0.717, 1.165) is 28.1 Å². The maximum absolute atomic E-state index is 12.5. The number of amides is 1. The van der Waals surface area contributed by atoms with Gasteiger partial charge in [0, 0.05) is 17.6 Å². The second-order valence-corrected chi connectivity index (χ2v) is 7.06. The molecule has 3 aromatic rings. The number of hydrogen-bond donors (Lipinski definition) is 3. The molecule has 0 radical (unpaired) electrons. The van der Waals surface area contributed by atoms with Crippen LogP contribution in [0.25, 0.3) is 11.1 Å². The van der Waals surface area contributed by atoms with E-state index in [1.165, 1.54) is 23.3 Å². The molecule has 0 aliphatic heterocycles. The fraction of sp³-hybridized carbons (Fsp3) is 0.105. The highest BCUT2D eigenvalue weighted by Gasteiger charge is 2.12. The third kappa shape index (κ3) is 4.15. The number of nitrogens with one attached hydrogen (secondary N) is 2. The standard InChI is InChI=1S/C19H18N2O2S2/c1-12-6-7-16(22)10-17(12)13-8-18(25-11-13)19(23)20-14-4-3-5-15(9-14)21-24-2/h3-11,21-22H,1-2H3,(H,20,23). The van der Waals surface area contributed by atoms with Gasteiger partial charge in [0.05, 0.1) is 4.88 Å². The van der Waals surface area contributed by atoms with Crippen molar-refractivity contribution >= 4 is 40.6 Å². The molecule has 0 saturated carbocycles. The molecule has 0 aliphatic rings. The predicted molar refractivity (Wildman–Crippen MR) is 108 cm³/mol. The molecule has 0 unspecified atom stereocenters. The van der Waals surface area contributed by atoms with Crippen molar-refractivity contribution in [3.63, 3.8) is 0 Å². The SMILES string of the molecule is CSNc1cccc(NC(=O)c2cc(-c3cc(O)ccc3C)cs2)c1. The van der Waals surface area contributed by atoms with E-state index in [4.69, 9.17) is 0 Å². The van der Waals surface area contributed by atoms with Crippen LogP contribution in [0.15, 0.2) is 53.9 Å².